The normalized spacial score (nSPS) is 10.5. The Morgan fingerprint density at radius 2 is 2.07 bits per heavy atom. The van der Waals surface area contributed by atoms with E-state index in [9.17, 15) is 14.5 Å². The van der Waals surface area contributed by atoms with Gasteiger partial charge >= 0.3 is 5.69 Å². The van der Waals surface area contributed by atoms with Crippen LogP contribution in [0, 0.1) is 22.9 Å². The minimum Gasteiger partial charge on any atom is -0.484 e. The fourth-order valence-corrected chi connectivity index (χ4v) is 1.14. The van der Waals surface area contributed by atoms with Crippen molar-refractivity contribution in [1.82, 2.24) is 0 Å². The highest BCUT2D eigenvalue weighted by Gasteiger charge is 2.18. The van der Waals surface area contributed by atoms with E-state index in [1.165, 1.54) is 13.0 Å². The molecule has 0 saturated carbocycles. The maximum atomic E-state index is 13.2. The van der Waals surface area contributed by atoms with E-state index in [1.807, 2.05) is 0 Å². The molecule has 0 N–H and O–H groups in total. The van der Waals surface area contributed by atoms with Crippen LogP contribution in [0.2, 0.25) is 0 Å². The first kappa shape index (κ1) is 11.4. The number of hydrogen-bond acceptors (Lipinski definition) is 3. The monoisotopic (exact) mass is 213 g/mol. The SMILES string of the molecule is Cc1cc([N+](=O)[O-])c(OC(C)C)cc1F. The highest BCUT2D eigenvalue weighted by molar-refractivity contribution is 5.49. The van der Waals surface area contributed by atoms with Crippen molar-refractivity contribution in [3.8, 4) is 5.75 Å². The molecule has 4 nitrogen and oxygen atoms in total. The lowest BCUT2D eigenvalue weighted by Crippen LogP contribution is -2.08. The highest BCUT2D eigenvalue weighted by Crippen LogP contribution is 2.30. The number of nitro benzene ring substituents is 1. The minimum absolute atomic E-state index is 0.0295. The van der Waals surface area contributed by atoms with Gasteiger partial charge in [-0.3, -0.25) is 10.1 Å². The van der Waals surface area contributed by atoms with Gasteiger partial charge in [0.15, 0.2) is 5.75 Å². The van der Waals surface area contributed by atoms with Crippen molar-refractivity contribution >= 4 is 5.69 Å². The molecule has 0 bridgehead atoms. The third kappa shape index (κ3) is 2.65. The van der Waals surface area contributed by atoms with Crippen molar-refractivity contribution in [2.24, 2.45) is 0 Å². The first-order chi connectivity index (χ1) is 6.91. The molecule has 0 radical (unpaired) electrons. The molecule has 0 amide bonds. The van der Waals surface area contributed by atoms with E-state index >= 15 is 0 Å². The molecule has 15 heavy (non-hydrogen) atoms. The molecule has 5 heteroatoms. The number of nitrogens with zero attached hydrogens (tertiary/aromatic N) is 1. The van der Waals surface area contributed by atoms with Crippen LogP contribution in [-0.2, 0) is 0 Å². The van der Waals surface area contributed by atoms with Crippen LogP contribution in [0.25, 0.3) is 0 Å². The number of halogens is 1. The Kier molecular flexibility index (Phi) is 3.24. The Balaban J connectivity index is 3.22. The molecule has 0 aromatic heterocycles. The van der Waals surface area contributed by atoms with Gasteiger partial charge in [-0.05, 0) is 26.3 Å². The molecule has 0 aliphatic heterocycles. The third-order valence-corrected chi connectivity index (χ3v) is 1.80. The number of hydrogen-bond donors (Lipinski definition) is 0. The molecule has 0 aliphatic rings. The summed E-state index contributed by atoms with van der Waals surface area (Å²) < 4.78 is 18.3. The number of nitro groups is 1. The van der Waals surface area contributed by atoms with Gasteiger partial charge in [-0.25, -0.2) is 4.39 Å². The summed E-state index contributed by atoms with van der Waals surface area (Å²) in [5.41, 5.74) is 0.0282. The molecule has 1 aromatic carbocycles. The highest BCUT2D eigenvalue weighted by atomic mass is 19.1. The molecule has 0 unspecified atom stereocenters. The second-order valence-corrected chi connectivity index (χ2v) is 3.49. The second-order valence-electron chi connectivity index (χ2n) is 3.49. The zero-order chi connectivity index (χ0) is 11.6. The molecule has 0 aliphatic carbocycles. The number of benzene rings is 1. The average molecular weight is 213 g/mol. The largest absolute Gasteiger partial charge is 0.484 e. The molecule has 0 spiro atoms. The predicted octanol–water partition coefficient (Wildman–Crippen LogP) is 2.83. The van der Waals surface area contributed by atoms with Gasteiger partial charge in [0.1, 0.15) is 5.82 Å². The Labute approximate surface area is 86.8 Å². The Hall–Kier alpha value is -1.65. The molecule has 0 saturated heterocycles. The quantitative estimate of drug-likeness (QED) is 0.573. The van der Waals surface area contributed by atoms with Crippen molar-refractivity contribution in [3.05, 3.63) is 33.6 Å². The molecular weight excluding hydrogens is 201 g/mol. The molecule has 0 fully saturated rings. The van der Waals surface area contributed by atoms with Crippen LogP contribution in [0.1, 0.15) is 19.4 Å². The first-order valence-electron chi connectivity index (χ1n) is 4.53. The first-order valence-corrected chi connectivity index (χ1v) is 4.53. The lowest BCUT2D eigenvalue weighted by Gasteiger charge is -2.10. The summed E-state index contributed by atoms with van der Waals surface area (Å²) in [6, 6.07) is 2.22. The van der Waals surface area contributed by atoms with Crippen LogP contribution < -0.4 is 4.74 Å². The Morgan fingerprint density at radius 1 is 1.47 bits per heavy atom. The van der Waals surface area contributed by atoms with Gasteiger partial charge in [-0.1, -0.05) is 0 Å². The van der Waals surface area contributed by atoms with Crippen LogP contribution >= 0.6 is 0 Å². The van der Waals surface area contributed by atoms with E-state index in [1.54, 1.807) is 13.8 Å². The summed E-state index contributed by atoms with van der Waals surface area (Å²) >= 11 is 0. The van der Waals surface area contributed by atoms with Crippen molar-refractivity contribution in [1.29, 1.82) is 0 Å². The Bertz CT molecular complexity index is 390. The lowest BCUT2D eigenvalue weighted by molar-refractivity contribution is -0.386. The number of aryl methyl sites for hydroxylation is 1. The van der Waals surface area contributed by atoms with Crippen LogP contribution in [0.15, 0.2) is 12.1 Å². The zero-order valence-electron chi connectivity index (χ0n) is 8.78. The summed E-state index contributed by atoms with van der Waals surface area (Å²) in [7, 11) is 0. The van der Waals surface area contributed by atoms with Crippen molar-refractivity contribution in [2.75, 3.05) is 0 Å². The van der Waals surface area contributed by atoms with E-state index in [-0.39, 0.29) is 23.1 Å². The van der Waals surface area contributed by atoms with Gasteiger partial charge < -0.3 is 4.74 Å². The van der Waals surface area contributed by atoms with E-state index in [0.29, 0.717) is 0 Å². The Morgan fingerprint density at radius 3 is 2.53 bits per heavy atom. The fourth-order valence-electron chi connectivity index (χ4n) is 1.14. The van der Waals surface area contributed by atoms with Crippen molar-refractivity contribution < 1.29 is 14.1 Å². The van der Waals surface area contributed by atoms with Gasteiger partial charge in [0.2, 0.25) is 0 Å². The van der Waals surface area contributed by atoms with Gasteiger partial charge in [0, 0.05) is 12.1 Å². The smallest absolute Gasteiger partial charge is 0.311 e. The van der Waals surface area contributed by atoms with Crippen LogP contribution in [-0.4, -0.2) is 11.0 Å². The van der Waals surface area contributed by atoms with Crippen LogP contribution in [0.5, 0.6) is 5.75 Å². The maximum Gasteiger partial charge on any atom is 0.311 e. The fraction of sp³-hybridized carbons (Fsp3) is 0.400. The summed E-state index contributed by atoms with van der Waals surface area (Å²) in [5, 5.41) is 10.7. The standard InChI is InChI=1S/C10H12FNO3/c1-6(2)15-10-5-8(11)7(3)4-9(10)12(13)14/h4-6H,1-3H3. The minimum atomic E-state index is -0.579. The van der Waals surface area contributed by atoms with E-state index in [0.717, 1.165) is 6.07 Å². The summed E-state index contributed by atoms with van der Waals surface area (Å²) in [6.07, 6.45) is -0.231. The van der Waals surface area contributed by atoms with E-state index in [2.05, 4.69) is 0 Å². The van der Waals surface area contributed by atoms with Gasteiger partial charge in [0.05, 0.1) is 11.0 Å². The van der Waals surface area contributed by atoms with Gasteiger partial charge in [0.25, 0.3) is 0 Å². The van der Waals surface area contributed by atoms with Crippen LogP contribution in [0.4, 0.5) is 10.1 Å². The molecule has 0 atom stereocenters. The second kappa shape index (κ2) is 4.25. The van der Waals surface area contributed by atoms with Gasteiger partial charge in [-0.2, -0.15) is 0 Å². The number of ether oxygens (including phenoxy) is 1. The zero-order valence-corrected chi connectivity index (χ0v) is 8.78. The third-order valence-electron chi connectivity index (χ3n) is 1.80. The lowest BCUT2D eigenvalue weighted by atomic mass is 10.2. The maximum absolute atomic E-state index is 13.2. The molecule has 82 valence electrons. The molecular formula is C10H12FNO3. The average Bonchev–Trinajstić information content (AvgIpc) is 2.09. The predicted molar refractivity (Wildman–Crippen MR) is 53.6 cm³/mol. The molecule has 0 heterocycles. The summed E-state index contributed by atoms with van der Waals surface area (Å²) in [6.45, 7) is 4.92. The molecule has 1 rings (SSSR count). The molecule has 1 aromatic rings. The van der Waals surface area contributed by atoms with Crippen molar-refractivity contribution in [2.45, 2.75) is 26.9 Å². The van der Waals surface area contributed by atoms with Gasteiger partial charge in [-0.15, -0.1) is 0 Å². The number of rotatable bonds is 3. The summed E-state index contributed by atoms with van der Waals surface area (Å²) in [4.78, 5) is 10.1. The van der Waals surface area contributed by atoms with Crippen LogP contribution in [0.3, 0.4) is 0 Å². The van der Waals surface area contributed by atoms with Crippen molar-refractivity contribution in [3.63, 3.8) is 0 Å². The summed E-state index contributed by atoms with van der Waals surface area (Å²) in [5.74, 6) is -0.533. The van der Waals surface area contributed by atoms with E-state index < -0.39 is 10.7 Å². The van der Waals surface area contributed by atoms with E-state index in [4.69, 9.17) is 4.74 Å². The topological polar surface area (TPSA) is 52.4 Å².